The fourth-order valence-electron chi connectivity index (χ4n) is 3.67. The normalized spacial score (nSPS) is 14.7. The van der Waals surface area contributed by atoms with Crippen molar-refractivity contribution in [3.8, 4) is 5.75 Å². The standard InChI is InChI=1S/C22H26Cl2N6O2/c1-3-29-14-17(16(2)25-29)13-27-9-11-28(12-10-27)22(31)19-7-8-30(26-19)15-32-20-6-4-5-18(23)21(20)24/h4-8,14H,3,9-13,15H2,1-2H3. The van der Waals surface area contributed by atoms with Crippen molar-refractivity contribution in [2.24, 2.45) is 0 Å². The van der Waals surface area contributed by atoms with Crippen molar-refractivity contribution in [1.29, 1.82) is 0 Å². The third-order valence-electron chi connectivity index (χ3n) is 5.55. The van der Waals surface area contributed by atoms with Crippen LogP contribution in [-0.4, -0.2) is 61.4 Å². The molecule has 0 unspecified atom stereocenters. The first kappa shape index (κ1) is 22.6. The molecule has 0 atom stereocenters. The second-order valence-corrected chi connectivity index (χ2v) is 8.51. The topological polar surface area (TPSA) is 68.4 Å². The maximum Gasteiger partial charge on any atom is 0.274 e. The van der Waals surface area contributed by atoms with Gasteiger partial charge in [-0.1, -0.05) is 29.3 Å². The third-order valence-corrected chi connectivity index (χ3v) is 6.36. The van der Waals surface area contributed by atoms with E-state index in [0.717, 1.165) is 31.9 Å². The van der Waals surface area contributed by atoms with Crippen molar-refractivity contribution in [2.45, 2.75) is 33.7 Å². The first-order chi connectivity index (χ1) is 15.4. The third kappa shape index (κ3) is 5.09. The number of piperazine rings is 1. The number of rotatable bonds is 7. The Hall–Kier alpha value is -2.55. The van der Waals surface area contributed by atoms with Gasteiger partial charge in [0.05, 0.1) is 10.7 Å². The first-order valence-electron chi connectivity index (χ1n) is 10.6. The number of hydrogen-bond donors (Lipinski definition) is 0. The summed E-state index contributed by atoms with van der Waals surface area (Å²) >= 11 is 12.1. The summed E-state index contributed by atoms with van der Waals surface area (Å²) in [6.45, 7) is 8.95. The molecule has 0 spiro atoms. The number of halogens is 2. The minimum atomic E-state index is -0.0702. The van der Waals surface area contributed by atoms with E-state index in [9.17, 15) is 4.79 Å². The predicted octanol–water partition coefficient (Wildman–Crippen LogP) is 3.71. The van der Waals surface area contributed by atoms with Crippen molar-refractivity contribution >= 4 is 29.1 Å². The molecule has 8 nitrogen and oxygen atoms in total. The number of benzene rings is 1. The molecule has 3 aromatic rings. The SMILES string of the molecule is CCn1cc(CN2CCN(C(=O)c3ccn(COc4cccc(Cl)c4Cl)n3)CC2)c(C)n1. The van der Waals surface area contributed by atoms with Crippen LogP contribution in [-0.2, 0) is 19.8 Å². The van der Waals surface area contributed by atoms with E-state index in [2.05, 4.69) is 28.2 Å². The maximum atomic E-state index is 12.9. The van der Waals surface area contributed by atoms with Crippen LogP contribution in [0.4, 0.5) is 0 Å². The number of amides is 1. The van der Waals surface area contributed by atoms with Crippen LogP contribution in [0, 0.1) is 6.92 Å². The summed E-state index contributed by atoms with van der Waals surface area (Å²) in [7, 11) is 0. The summed E-state index contributed by atoms with van der Waals surface area (Å²) < 4.78 is 9.21. The van der Waals surface area contributed by atoms with Gasteiger partial charge in [-0.25, -0.2) is 4.68 Å². The average molecular weight is 477 g/mol. The van der Waals surface area contributed by atoms with E-state index in [1.54, 1.807) is 35.1 Å². The second kappa shape index (κ2) is 9.94. The van der Waals surface area contributed by atoms with Crippen LogP contribution < -0.4 is 4.74 Å². The molecule has 0 N–H and O–H groups in total. The van der Waals surface area contributed by atoms with E-state index < -0.39 is 0 Å². The fourth-order valence-corrected chi connectivity index (χ4v) is 4.01. The van der Waals surface area contributed by atoms with Crippen LogP contribution in [0.15, 0.2) is 36.7 Å². The van der Waals surface area contributed by atoms with Gasteiger partial charge in [-0.2, -0.15) is 10.2 Å². The van der Waals surface area contributed by atoms with Gasteiger partial charge >= 0.3 is 0 Å². The molecule has 0 aliphatic carbocycles. The largest absolute Gasteiger partial charge is 0.470 e. The Labute approximate surface area is 197 Å². The highest BCUT2D eigenvalue weighted by atomic mass is 35.5. The Morgan fingerprint density at radius 2 is 1.88 bits per heavy atom. The molecule has 0 bridgehead atoms. The second-order valence-electron chi connectivity index (χ2n) is 7.73. The molecule has 1 amide bonds. The van der Waals surface area contributed by atoms with Crippen LogP contribution in [0.1, 0.15) is 28.7 Å². The van der Waals surface area contributed by atoms with Gasteiger partial charge in [0.2, 0.25) is 0 Å². The molecule has 1 aliphatic rings. The van der Waals surface area contributed by atoms with E-state index in [-0.39, 0.29) is 12.6 Å². The lowest BCUT2D eigenvalue weighted by molar-refractivity contribution is 0.0620. The van der Waals surface area contributed by atoms with Crippen molar-refractivity contribution in [3.05, 3.63) is 63.7 Å². The minimum absolute atomic E-state index is 0.0702. The van der Waals surface area contributed by atoms with E-state index in [4.69, 9.17) is 27.9 Å². The Balaban J connectivity index is 1.29. The van der Waals surface area contributed by atoms with Crippen LogP contribution in [0.5, 0.6) is 5.75 Å². The number of nitrogens with zero attached hydrogens (tertiary/aromatic N) is 6. The number of ether oxygens (including phenoxy) is 1. The smallest absolute Gasteiger partial charge is 0.274 e. The van der Waals surface area contributed by atoms with Crippen LogP contribution >= 0.6 is 23.2 Å². The van der Waals surface area contributed by atoms with E-state index >= 15 is 0 Å². The predicted molar refractivity (Wildman–Crippen MR) is 123 cm³/mol. The number of aromatic nitrogens is 4. The number of aryl methyl sites for hydroxylation is 2. The van der Waals surface area contributed by atoms with E-state index in [1.165, 1.54) is 5.56 Å². The summed E-state index contributed by atoms with van der Waals surface area (Å²) in [5, 5.41) is 9.66. The molecule has 3 heterocycles. The first-order valence-corrected chi connectivity index (χ1v) is 11.3. The molecular weight excluding hydrogens is 451 g/mol. The van der Waals surface area contributed by atoms with Crippen LogP contribution in [0.2, 0.25) is 10.0 Å². The zero-order valence-electron chi connectivity index (χ0n) is 18.2. The van der Waals surface area contributed by atoms with Crippen molar-refractivity contribution in [3.63, 3.8) is 0 Å². The molecule has 1 saturated heterocycles. The molecular formula is C22H26Cl2N6O2. The van der Waals surface area contributed by atoms with Gasteiger partial charge in [0, 0.05) is 57.2 Å². The number of hydrogen-bond acceptors (Lipinski definition) is 5. The van der Waals surface area contributed by atoms with Crippen molar-refractivity contribution < 1.29 is 9.53 Å². The van der Waals surface area contributed by atoms with Crippen molar-refractivity contribution in [2.75, 3.05) is 26.2 Å². The number of carbonyl (C=O) groups is 1. The van der Waals surface area contributed by atoms with E-state index in [1.807, 2.05) is 16.5 Å². The Morgan fingerprint density at radius 1 is 1.09 bits per heavy atom. The molecule has 2 aromatic heterocycles. The van der Waals surface area contributed by atoms with Gasteiger partial charge in [-0.15, -0.1) is 0 Å². The quantitative estimate of drug-likeness (QED) is 0.519. The minimum Gasteiger partial charge on any atom is -0.470 e. The highest BCUT2D eigenvalue weighted by molar-refractivity contribution is 6.42. The molecule has 1 aromatic carbocycles. The molecule has 4 rings (SSSR count). The summed E-state index contributed by atoms with van der Waals surface area (Å²) in [6, 6.07) is 6.90. The molecule has 170 valence electrons. The van der Waals surface area contributed by atoms with Gasteiger partial charge in [0.15, 0.2) is 12.4 Å². The summed E-state index contributed by atoms with van der Waals surface area (Å²) in [6.07, 6.45) is 3.83. The molecule has 10 heteroatoms. The lowest BCUT2D eigenvalue weighted by atomic mass is 10.2. The molecule has 1 fully saturated rings. The average Bonchev–Trinajstić information content (AvgIpc) is 3.41. The zero-order chi connectivity index (χ0) is 22.7. The highest BCUT2D eigenvalue weighted by Crippen LogP contribution is 2.31. The zero-order valence-corrected chi connectivity index (χ0v) is 19.7. The summed E-state index contributed by atoms with van der Waals surface area (Å²) in [5.41, 5.74) is 2.71. The summed E-state index contributed by atoms with van der Waals surface area (Å²) in [5.74, 6) is 0.401. The maximum absolute atomic E-state index is 12.9. The lowest BCUT2D eigenvalue weighted by Crippen LogP contribution is -2.48. The molecule has 1 aliphatic heterocycles. The van der Waals surface area contributed by atoms with Gasteiger partial charge in [-0.05, 0) is 32.0 Å². The summed E-state index contributed by atoms with van der Waals surface area (Å²) in [4.78, 5) is 17.1. The fraction of sp³-hybridized carbons (Fsp3) is 0.409. The van der Waals surface area contributed by atoms with Gasteiger partial charge < -0.3 is 9.64 Å². The Morgan fingerprint density at radius 3 is 2.59 bits per heavy atom. The van der Waals surface area contributed by atoms with Crippen molar-refractivity contribution in [1.82, 2.24) is 29.4 Å². The molecule has 0 saturated carbocycles. The van der Waals surface area contributed by atoms with Gasteiger partial charge in [0.1, 0.15) is 10.8 Å². The molecule has 32 heavy (non-hydrogen) atoms. The van der Waals surface area contributed by atoms with Crippen LogP contribution in [0.3, 0.4) is 0 Å². The lowest BCUT2D eigenvalue weighted by Gasteiger charge is -2.34. The monoisotopic (exact) mass is 476 g/mol. The van der Waals surface area contributed by atoms with Crippen LogP contribution in [0.25, 0.3) is 0 Å². The Kier molecular flexibility index (Phi) is 7.03. The molecule has 0 radical (unpaired) electrons. The van der Waals surface area contributed by atoms with E-state index in [0.29, 0.717) is 34.6 Å². The Bertz CT molecular complexity index is 1090. The number of carbonyl (C=O) groups excluding carboxylic acids is 1. The van der Waals surface area contributed by atoms with Gasteiger partial charge in [0.25, 0.3) is 5.91 Å². The highest BCUT2D eigenvalue weighted by Gasteiger charge is 2.24. The van der Waals surface area contributed by atoms with Gasteiger partial charge in [-0.3, -0.25) is 14.4 Å².